The first-order chi connectivity index (χ1) is 7.61. The largest absolute Gasteiger partial charge is 0.309 e. The van der Waals surface area contributed by atoms with Crippen LogP contribution in [0.4, 0.5) is 0 Å². The summed E-state index contributed by atoms with van der Waals surface area (Å²) < 4.78 is 0. The van der Waals surface area contributed by atoms with Crippen LogP contribution in [0, 0.1) is 5.92 Å². The highest BCUT2D eigenvalue weighted by Gasteiger charge is 2.05. The van der Waals surface area contributed by atoms with E-state index in [2.05, 4.69) is 38.0 Å². The molecule has 16 heavy (non-hydrogen) atoms. The second-order valence-electron chi connectivity index (χ2n) is 4.89. The zero-order chi connectivity index (χ0) is 12.0. The fraction of sp³-hybridized carbons (Fsp3) is 0.769. The zero-order valence-electron chi connectivity index (χ0n) is 10.9. The maximum atomic E-state index is 4.46. The van der Waals surface area contributed by atoms with E-state index in [4.69, 9.17) is 0 Å². The highest BCUT2D eigenvalue weighted by atomic mass is 32.1. The Morgan fingerprint density at radius 2 is 2.12 bits per heavy atom. The van der Waals surface area contributed by atoms with Gasteiger partial charge in [-0.25, -0.2) is 4.98 Å². The molecule has 0 fully saturated rings. The quantitative estimate of drug-likeness (QED) is 0.787. The van der Waals surface area contributed by atoms with Gasteiger partial charge in [0.05, 0.1) is 5.01 Å². The molecule has 0 aliphatic carbocycles. The average molecular weight is 240 g/mol. The lowest BCUT2D eigenvalue weighted by molar-refractivity contribution is 0.511. The maximum absolute atomic E-state index is 4.46. The molecule has 1 atom stereocenters. The number of nitrogens with zero attached hydrogens (tertiary/aromatic N) is 1. The van der Waals surface area contributed by atoms with Crippen molar-refractivity contribution < 1.29 is 0 Å². The molecular weight excluding hydrogens is 216 g/mol. The Morgan fingerprint density at radius 3 is 2.75 bits per heavy atom. The number of rotatable bonds is 7. The maximum Gasteiger partial charge on any atom is 0.0930 e. The molecule has 1 rings (SSSR count). The molecule has 0 aliphatic heterocycles. The minimum Gasteiger partial charge on any atom is -0.309 e. The second-order valence-corrected chi connectivity index (χ2v) is 6.09. The smallest absolute Gasteiger partial charge is 0.0930 e. The van der Waals surface area contributed by atoms with Crippen molar-refractivity contribution in [3.8, 4) is 0 Å². The Balaban J connectivity index is 2.34. The minimum atomic E-state index is 0.612. The van der Waals surface area contributed by atoms with E-state index in [-0.39, 0.29) is 0 Å². The Bertz CT molecular complexity index is 294. The first-order valence-electron chi connectivity index (χ1n) is 6.28. The predicted molar refractivity (Wildman–Crippen MR) is 71.9 cm³/mol. The van der Waals surface area contributed by atoms with Crippen molar-refractivity contribution in [1.29, 1.82) is 0 Å². The lowest BCUT2D eigenvalue weighted by atomic mass is 10.1. The number of hydrogen-bond donors (Lipinski definition) is 1. The van der Waals surface area contributed by atoms with Gasteiger partial charge in [0.15, 0.2) is 0 Å². The molecule has 0 amide bonds. The lowest BCUT2D eigenvalue weighted by Gasteiger charge is -2.10. The third-order valence-electron chi connectivity index (χ3n) is 2.53. The van der Waals surface area contributed by atoms with Crippen molar-refractivity contribution in [2.45, 2.75) is 59.5 Å². The average Bonchev–Trinajstić information content (AvgIpc) is 2.62. The predicted octanol–water partition coefficient (Wildman–Crippen LogP) is 3.62. The van der Waals surface area contributed by atoms with Gasteiger partial charge in [0.25, 0.3) is 0 Å². The van der Waals surface area contributed by atoms with Crippen molar-refractivity contribution in [2.24, 2.45) is 5.92 Å². The summed E-state index contributed by atoms with van der Waals surface area (Å²) in [6.07, 6.45) is 5.62. The fourth-order valence-electron chi connectivity index (χ4n) is 1.68. The van der Waals surface area contributed by atoms with E-state index in [1.807, 2.05) is 17.5 Å². The fourth-order valence-corrected chi connectivity index (χ4v) is 2.77. The highest BCUT2D eigenvalue weighted by molar-refractivity contribution is 7.11. The Kier molecular flexibility index (Phi) is 5.99. The van der Waals surface area contributed by atoms with Crippen LogP contribution in [0.15, 0.2) is 6.20 Å². The summed E-state index contributed by atoms with van der Waals surface area (Å²) in [6, 6.07) is 0.612. The topological polar surface area (TPSA) is 24.9 Å². The van der Waals surface area contributed by atoms with Crippen LogP contribution in [-0.2, 0) is 13.0 Å². The lowest BCUT2D eigenvalue weighted by Crippen LogP contribution is -2.24. The summed E-state index contributed by atoms with van der Waals surface area (Å²) >= 11 is 1.85. The van der Waals surface area contributed by atoms with Crippen LogP contribution >= 0.6 is 11.3 Å². The molecule has 0 saturated heterocycles. The molecule has 1 heterocycles. The third kappa shape index (κ3) is 5.08. The summed E-state index contributed by atoms with van der Waals surface area (Å²) in [5, 5.41) is 4.81. The van der Waals surface area contributed by atoms with E-state index >= 15 is 0 Å². The van der Waals surface area contributed by atoms with E-state index < -0.39 is 0 Å². The van der Waals surface area contributed by atoms with Gasteiger partial charge >= 0.3 is 0 Å². The Morgan fingerprint density at radius 1 is 1.38 bits per heavy atom. The number of nitrogens with one attached hydrogen (secondary N) is 1. The number of hydrogen-bond acceptors (Lipinski definition) is 3. The SMILES string of the molecule is CCCC(C)NCc1cnc(CC(C)C)s1. The van der Waals surface area contributed by atoms with E-state index in [0.29, 0.717) is 12.0 Å². The van der Waals surface area contributed by atoms with Gasteiger partial charge in [0.1, 0.15) is 0 Å². The Hall–Kier alpha value is -0.410. The first kappa shape index (κ1) is 13.7. The Labute approximate surface area is 103 Å². The minimum absolute atomic E-state index is 0.612. The summed E-state index contributed by atoms with van der Waals surface area (Å²) in [5.41, 5.74) is 0. The van der Waals surface area contributed by atoms with E-state index in [9.17, 15) is 0 Å². The molecule has 0 bridgehead atoms. The molecule has 0 radical (unpaired) electrons. The van der Waals surface area contributed by atoms with Crippen LogP contribution in [0.3, 0.4) is 0 Å². The van der Waals surface area contributed by atoms with E-state index in [0.717, 1.165) is 13.0 Å². The molecule has 2 nitrogen and oxygen atoms in total. The molecular formula is C13H24N2S. The molecule has 0 aromatic carbocycles. The van der Waals surface area contributed by atoms with Gasteiger partial charge in [-0.1, -0.05) is 27.2 Å². The van der Waals surface area contributed by atoms with Crippen molar-refractivity contribution in [3.63, 3.8) is 0 Å². The van der Waals surface area contributed by atoms with Gasteiger partial charge < -0.3 is 5.32 Å². The third-order valence-corrected chi connectivity index (χ3v) is 3.55. The van der Waals surface area contributed by atoms with Crippen LogP contribution in [0.5, 0.6) is 0 Å². The van der Waals surface area contributed by atoms with Gasteiger partial charge in [-0.15, -0.1) is 11.3 Å². The van der Waals surface area contributed by atoms with E-state index in [1.165, 1.54) is 22.7 Å². The van der Waals surface area contributed by atoms with Crippen LogP contribution in [0.25, 0.3) is 0 Å². The molecule has 1 aromatic rings. The van der Waals surface area contributed by atoms with Crippen LogP contribution in [0.1, 0.15) is 50.4 Å². The number of aromatic nitrogens is 1. The molecule has 3 heteroatoms. The summed E-state index contributed by atoms with van der Waals surface area (Å²) in [6.45, 7) is 9.92. The van der Waals surface area contributed by atoms with Gasteiger partial charge in [0, 0.05) is 30.1 Å². The standard InChI is InChI=1S/C13H24N2S/c1-5-6-11(4)14-8-12-9-15-13(16-12)7-10(2)3/h9-11,14H,5-8H2,1-4H3. The van der Waals surface area contributed by atoms with Crippen molar-refractivity contribution >= 4 is 11.3 Å². The second kappa shape index (κ2) is 7.02. The summed E-state index contributed by atoms with van der Waals surface area (Å²) in [7, 11) is 0. The van der Waals surface area contributed by atoms with Gasteiger partial charge in [-0.3, -0.25) is 0 Å². The monoisotopic (exact) mass is 240 g/mol. The molecule has 0 aliphatic rings. The highest BCUT2D eigenvalue weighted by Crippen LogP contribution is 2.16. The van der Waals surface area contributed by atoms with Crippen molar-refractivity contribution in [2.75, 3.05) is 0 Å². The van der Waals surface area contributed by atoms with Crippen LogP contribution in [0.2, 0.25) is 0 Å². The summed E-state index contributed by atoms with van der Waals surface area (Å²) in [5.74, 6) is 0.700. The van der Waals surface area contributed by atoms with Gasteiger partial charge in [-0.05, 0) is 19.3 Å². The molecule has 1 N–H and O–H groups in total. The normalized spacial score (nSPS) is 13.3. The summed E-state index contributed by atoms with van der Waals surface area (Å²) in [4.78, 5) is 5.82. The van der Waals surface area contributed by atoms with Crippen LogP contribution < -0.4 is 5.32 Å². The van der Waals surface area contributed by atoms with Crippen molar-refractivity contribution in [3.05, 3.63) is 16.1 Å². The molecule has 1 aromatic heterocycles. The zero-order valence-corrected chi connectivity index (χ0v) is 11.7. The molecule has 92 valence electrons. The van der Waals surface area contributed by atoms with Crippen LogP contribution in [-0.4, -0.2) is 11.0 Å². The molecule has 0 saturated carbocycles. The van der Waals surface area contributed by atoms with Gasteiger partial charge in [0.2, 0.25) is 0 Å². The number of thiazole rings is 1. The first-order valence-corrected chi connectivity index (χ1v) is 7.10. The molecule has 0 spiro atoms. The van der Waals surface area contributed by atoms with Gasteiger partial charge in [-0.2, -0.15) is 0 Å². The van der Waals surface area contributed by atoms with Crippen molar-refractivity contribution in [1.82, 2.24) is 10.3 Å². The molecule has 1 unspecified atom stereocenters. The van der Waals surface area contributed by atoms with E-state index in [1.54, 1.807) is 0 Å².